The van der Waals surface area contributed by atoms with Crippen LogP contribution in [0.3, 0.4) is 0 Å². The summed E-state index contributed by atoms with van der Waals surface area (Å²) in [6.45, 7) is 7.54. The zero-order chi connectivity index (χ0) is 14.0. The van der Waals surface area contributed by atoms with Crippen molar-refractivity contribution in [3.8, 4) is 11.1 Å². The summed E-state index contributed by atoms with van der Waals surface area (Å²) in [5.74, 6) is -0.0810. The fourth-order valence-electron chi connectivity index (χ4n) is 2.15. The summed E-state index contributed by atoms with van der Waals surface area (Å²) in [5.41, 5.74) is 6.17. The van der Waals surface area contributed by atoms with Crippen molar-refractivity contribution in [2.45, 2.75) is 27.7 Å². The number of carbonyl (C=O) groups is 1. The Morgan fingerprint density at radius 1 is 1.00 bits per heavy atom. The first kappa shape index (κ1) is 13.3. The van der Waals surface area contributed by atoms with E-state index in [-0.39, 0.29) is 5.91 Å². The van der Waals surface area contributed by atoms with Gasteiger partial charge < -0.3 is 5.32 Å². The van der Waals surface area contributed by atoms with E-state index in [1.807, 2.05) is 19.2 Å². The molecule has 0 atom stereocenters. The van der Waals surface area contributed by atoms with Crippen LogP contribution in [0, 0.1) is 20.8 Å². The molecule has 2 aromatic rings. The van der Waals surface area contributed by atoms with Crippen molar-refractivity contribution in [2.24, 2.45) is 0 Å². The Morgan fingerprint density at radius 2 is 1.63 bits per heavy atom. The molecule has 1 amide bonds. The molecule has 0 unspecified atom stereocenters. The lowest BCUT2D eigenvalue weighted by Crippen LogP contribution is -2.08. The minimum Gasteiger partial charge on any atom is -0.325 e. The van der Waals surface area contributed by atoms with E-state index in [1.54, 1.807) is 0 Å². The second-order valence-electron chi connectivity index (χ2n) is 4.91. The van der Waals surface area contributed by atoms with E-state index in [4.69, 9.17) is 0 Å². The molecule has 0 aliphatic rings. The molecule has 0 aliphatic carbocycles. The fraction of sp³-hybridized carbons (Fsp3) is 0.250. The molecule has 1 aromatic carbocycles. The van der Waals surface area contributed by atoms with Crippen molar-refractivity contribution in [1.82, 2.24) is 4.98 Å². The SMILES string of the molecule is CC(=O)Nc1cc(-c2cc(C)cc(C)c2)cnc1C. The Kier molecular flexibility index (Phi) is 3.65. The molecule has 98 valence electrons. The zero-order valence-corrected chi connectivity index (χ0v) is 11.7. The highest BCUT2D eigenvalue weighted by atomic mass is 16.1. The Hall–Kier alpha value is -2.16. The van der Waals surface area contributed by atoms with Gasteiger partial charge in [-0.25, -0.2) is 0 Å². The van der Waals surface area contributed by atoms with Crippen molar-refractivity contribution in [1.29, 1.82) is 0 Å². The molecule has 0 bridgehead atoms. The highest BCUT2D eigenvalue weighted by Crippen LogP contribution is 2.25. The molecule has 1 N–H and O–H groups in total. The number of pyridine rings is 1. The number of amides is 1. The van der Waals surface area contributed by atoms with Crippen molar-refractivity contribution in [3.05, 3.63) is 47.3 Å². The average Bonchev–Trinajstić information content (AvgIpc) is 2.30. The molecule has 2 rings (SSSR count). The number of carbonyl (C=O) groups excluding carboxylic acids is 1. The number of aromatic nitrogens is 1. The Bertz CT molecular complexity index is 612. The largest absolute Gasteiger partial charge is 0.325 e. The van der Waals surface area contributed by atoms with Gasteiger partial charge in [0.05, 0.1) is 11.4 Å². The summed E-state index contributed by atoms with van der Waals surface area (Å²) in [7, 11) is 0. The predicted molar refractivity (Wildman–Crippen MR) is 78.2 cm³/mol. The van der Waals surface area contributed by atoms with Crippen molar-refractivity contribution < 1.29 is 4.79 Å². The Balaban J connectivity index is 2.47. The second kappa shape index (κ2) is 5.22. The number of hydrogen-bond acceptors (Lipinski definition) is 2. The van der Waals surface area contributed by atoms with E-state index in [0.29, 0.717) is 0 Å². The Morgan fingerprint density at radius 3 is 2.21 bits per heavy atom. The molecule has 1 heterocycles. The van der Waals surface area contributed by atoms with Crippen LogP contribution >= 0.6 is 0 Å². The van der Waals surface area contributed by atoms with Crippen molar-refractivity contribution >= 4 is 11.6 Å². The monoisotopic (exact) mass is 254 g/mol. The van der Waals surface area contributed by atoms with Gasteiger partial charge >= 0.3 is 0 Å². The van der Waals surface area contributed by atoms with Gasteiger partial charge in [0, 0.05) is 18.7 Å². The van der Waals surface area contributed by atoms with Crippen LogP contribution in [0.2, 0.25) is 0 Å². The molecule has 0 radical (unpaired) electrons. The lowest BCUT2D eigenvalue weighted by atomic mass is 10.0. The van der Waals surface area contributed by atoms with Crippen molar-refractivity contribution in [2.75, 3.05) is 5.32 Å². The minimum atomic E-state index is -0.0810. The van der Waals surface area contributed by atoms with E-state index in [2.05, 4.69) is 42.3 Å². The molecule has 0 saturated carbocycles. The first-order chi connectivity index (χ1) is 8.95. The lowest BCUT2D eigenvalue weighted by molar-refractivity contribution is -0.114. The van der Waals surface area contributed by atoms with Gasteiger partial charge in [-0.15, -0.1) is 0 Å². The lowest BCUT2D eigenvalue weighted by Gasteiger charge is -2.10. The third-order valence-corrected chi connectivity index (χ3v) is 2.95. The standard InChI is InChI=1S/C16H18N2O/c1-10-5-11(2)7-14(6-10)15-8-16(18-13(4)19)12(3)17-9-15/h5-9H,1-4H3,(H,18,19). The number of benzene rings is 1. The second-order valence-corrected chi connectivity index (χ2v) is 4.91. The molecular formula is C16H18N2O. The summed E-state index contributed by atoms with van der Waals surface area (Å²) in [4.78, 5) is 15.5. The van der Waals surface area contributed by atoms with Crippen LogP contribution in [-0.2, 0) is 4.79 Å². The highest BCUT2D eigenvalue weighted by molar-refractivity contribution is 5.90. The quantitative estimate of drug-likeness (QED) is 0.889. The van der Waals surface area contributed by atoms with Crippen LogP contribution in [0.5, 0.6) is 0 Å². The summed E-state index contributed by atoms with van der Waals surface area (Å²) in [5, 5.41) is 2.81. The number of anilines is 1. The van der Waals surface area contributed by atoms with E-state index < -0.39 is 0 Å². The smallest absolute Gasteiger partial charge is 0.221 e. The van der Waals surface area contributed by atoms with E-state index in [1.165, 1.54) is 18.1 Å². The third-order valence-electron chi connectivity index (χ3n) is 2.95. The number of nitrogens with one attached hydrogen (secondary N) is 1. The molecule has 0 spiro atoms. The number of nitrogens with zero attached hydrogens (tertiary/aromatic N) is 1. The van der Waals surface area contributed by atoms with Crippen LogP contribution in [0.25, 0.3) is 11.1 Å². The van der Waals surface area contributed by atoms with Gasteiger partial charge in [0.15, 0.2) is 0 Å². The fourth-order valence-corrected chi connectivity index (χ4v) is 2.15. The van der Waals surface area contributed by atoms with Crippen LogP contribution < -0.4 is 5.32 Å². The summed E-state index contributed by atoms with van der Waals surface area (Å²) >= 11 is 0. The molecule has 0 aliphatic heterocycles. The summed E-state index contributed by atoms with van der Waals surface area (Å²) < 4.78 is 0. The molecule has 1 aromatic heterocycles. The van der Waals surface area contributed by atoms with Gasteiger partial charge in [-0.2, -0.15) is 0 Å². The first-order valence-electron chi connectivity index (χ1n) is 6.28. The third kappa shape index (κ3) is 3.19. The van der Waals surface area contributed by atoms with Crippen LogP contribution in [0.15, 0.2) is 30.5 Å². The topological polar surface area (TPSA) is 42.0 Å². The van der Waals surface area contributed by atoms with Gasteiger partial charge in [0.25, 0.3) is 0 Å². The van der Waals surface area contributed by atoms with Gasteiger partial charge in [-0.1, -0.05) is 29.3 Å². The van der Waals surface area contributed by atoms with E-state index >= 15 is 0 Å². The van der Waals surface area contributed by atoms with Crippen molar-refractivity contribution in [3.63, 3.8) is 0 Å². The Labute approximate surface area is 113 Å². The van der Waals surface area contributed by atoms with Gasteiger partial charge in [0.2, 0.25) is 5.91 Å². The molecule has 3 heteroatoms. The maximum absolute atomic E-state index is 11.2. The molecule has 0 saturated heterocycles. The number of aryl methyl sites for hydroxylation is 3. The number of hydrogen-bond donors (Lipinski definition) is 1. The molecule has 0 fully saturated rings. The minimum absolute atomic E-state index is 0.0810. The van der Waals surface area contributed by atoms with Gasteiger partial charge in [0.1, 0.15) is 0 Å². The van der Waals surface area contributed by atoms with Gasteiger partial charge in [-0.05, 0) is 32.4 Å². The number of rotatable bonds is 2. The van der Waals surface area contributed by atoms with Crippen LogP contribution in [-0.4, -0.2) is 10.9 Å². The summed E-state index contributed by atoms with van der Waals surface area (Å²) in [6, 6.07) is 8.35. The molecule has 3 nitrogen and oxygen atoms in total. The van der Waals surface area contributed by atoms with Gasteiger partial charge in [-0.3, -0.25) is 9.78 Å². The predicted octanol–water partition coefficient (Wildman–Crippen LogP) is 3.63. The molecular weight excluding hydrogens is 236 g/mol. The maximum Gasteiger partial charge on any atom is 0.221 e. The first-order valence-corrected chi connectivity index (χ1v) is 6.28. The van der Waals surface area contributed by atoms with Crippen LogP contribution in [0.4, 0.5) is 5.69 Å². The van der Waals surface area contributed by atoms with Crippen LogP contribution in [0.1, 0.15) is 23.7 Å². The average molecular weight is 254 g/mol. The molecule has 19 heavy (non-hydrogen) atoms. The summed E-state index contributed by atoms with van der Waals surface area (Å²) in [6.07, 6.45) is 1.84. The van der Waals surface area contributed by atoms with E-state index in [0.717, 1.165) is 22.5 Å². The maximum atomic E-state index is 11.2. The highest BCUT2D eigenvalue weighted by Gasteiger charge is 2.06. The normalized spacial score (nSPS) is 10.3. The van der Waals surface area contributed by atoms with E-state index in [9.17, 15) is 4.79 Å². The zero-order valence-electron chi connectivity index (χ0n) is 11.7.